The van der Waals surface area contributed by atoms with E-state index < -0.39 is 11.6 Å². The number of likely N-dealkylation sites (N-methyl/N-ethyl adjacent to an activating group) is 1. The standard InChI is InChI=1S/C23H29Cl2NO7/c1-26(22(28)29)23(8-5-9-27,16-6-7-17(24)18(25)12-16)14-33-13-15-10-19(30-2)21(32-4)20(11-15)31-3/h6-7,10-12,27H,5,8-9,13-14H2,1-4H3,(H,28,29)/t23-/m1/s1. The normalized spacial score (nSPS) is 12.7. The van der Waals surface area contributed by atoms with Crippen molar-refractivity contribution >= 4 is 29.3 Å². The predicted molar refractivity (Wildman–Crippen MR) is 126 cm³/mol. The summed E-state index contributed by atoms with van der Waals surface area (Å²) in [7, 11) is 6.03. The summed E-state index contributed by atoms with van der Waals surface area (Å²) in [5, 5.41) is 19.9. The van der Waals surface area contributed by atoms with E-state index in [1.165, 1.54) is 33.3 Å². The topological polar surface area (TPSA) is 97.7 Å². The minimum absolute atomic E-state index is 0.00439. The number of carboxylic acid groups (broad SMARTS) is 1. The van der Waals surface area contributed by atoms with Crippen LogP contribution in [0.4, 0.5) is 4.79 Å². The van der Waals surface area contributed by atoms with E-state index in [1.807, 2.05) is 0 Å². The van der Waals surface area contributed by atoms with E-state index in [1.54, 1.807) is 30.3 Å². The number of rotatable bonds is 12. The number of aliphatic hydroxyl groups excluding tert-OH is 1. The molecule has 8 nitrogen and oxygen atoms in total. The predicted octanol–water partition coefficient (Wildman–Crippen LogP) is 4.81. The largest absolute Gasteiger partial charge is 0.493 e. The average molecular weight is 502 g/mol. The van der Waals surface area contributed by atoms with E-state index in [0.717, 1.165) is 5.56 Å². The third-order valence-corrected chi connectivity index (χ3v) is 6.21. The van der Waals surface area contributed by atoms with Crippen molar-refractivity contribution in [3.8, 4) is 17.2 Å². The Labute approximate surface area is 203 Å². The van der Waals surface area contributed by atoms with Gasteiger partial charge >= 0.3 is 6.09 Å². The van der Waals surface area contributed by atoms with Crippen LogP contribution >= 0.6 is 23.2 Å². The molecule has 2 N–H and O–H groups in total. The maximum atomic E-state index is 12.0. The fourth-order valence-electron chi connectivity index (χ4n) is 3.65. The van der Waals surface area contributed by atoms with Gasteiger partial charge in [0.2, 0.25) is 5.75 Å². The molecule has 1 atom stereocenters. The van der Waals surface area contributed by atoms with Crippen molar-refractivity contribution in [2.45, 2.75) is 25.0 Å². The fourth-order valence-corrected chi connectivity index (χ4v) is 3.95. The van der Waals surface area contributed by atoms with E-state index >= 15 is 0 Å². The molecule has 182 valence electrons. The van der Waals surface area contributed by atoms with Gasteiger partial charge in [-0.15, -0.1) is 0 Å². The quantitative estimate of drug-likeness (QED) is 0.430. The maximum Gasteiger partial charge on any atom is 0.407 e. The fraction of sp³-hybridized carbons (Fsp3) is 0.435. The summed E-state index contributed by atoms with van der Waals surface area (Å²) in [6.45, 7) is 0.0419. The van der Waals surface area contributed by atoms with Gasteiger partial charge in [0.1, 0.15) is 0 Å². The van der Waals surface area contributed by atoms with Gasteiger partial charge in [-0.05, 0) is 48.2 Å². The second-order valence-corrected chi connectivity index (χ2v) is 8.17. The summed E-state index contributed by atoms with van der Waals surface area (Å²) in [6.07, 6.45) is -0.485. The van der Waals surface area contributed by atoms with Gasteiger partial charge in [0, 0.05) is 13.7 Å². The molecule has 0 spiro atoms. The van der Waals surface area contributed by atoms with Gasteiger partial charge in [0.05, 0.1) is 50.1 Å². The monoisotopic (exact) mass is 501 g/mol. The van der Waals surface area contributed by atoms with Crippen LogP contribution in [0.1, 0.15) is 24.0 Å². The smallest absolute Gasteiger partial charge is 0.407 e. The third-order valence-electron chi connectivity index (χ3n) is 5.47. The third kappa shape index (κ3) is 6.14. The minimum Gasteiger partial charge on any atom is -0.493 e. The zero-order valence-corrected chi connectivity index (χ0v) is 20.6. The molecule has 0 saturated carbocycles. The number of aliphatic hydroxyl groups is 1. The highest BCUT2D eigenvalue weighted by atomic mass is 35.5. The van der Waals surface area contributed by atoms with E-state index in [0.29, 0.717) is 45.7 Å². The number of nitrogens with zero attached hydrogens (tertiary/aromatic N) is 1. The van der Waals surface area contributed by atoms with Gasteiger partial charge in [0.25, 0.3) is 0 Å². The lowest BCUT2D eigenvalue weighted by Crippen LogP contribution is -2.50. The SMILES string of the molecule is COc1cc(COC[C@](CCCO)(c2ccc(Cl)c(Cl)c2)N(C)C(=O)O)cc(OC)c1OC. The molecule has 0 aliphatic carbocycles. The van der Waals surface area contributed by atoms with Crippen LogP contribution in [0, 0.1) is 0 Å². The molecule has 2 rings (SSSR count). The lowest BCUT2D eigenvalue weighted by atomic mass is 9.84. The molecular formula is C23H29Cl2NO7. The molecule has 2 aromatic carbocycles. The number of ether oxygens (including phenoxy) is 4. The molecule has 1 amide bonds. The molecule has 33 heavy (non-hydrogen) atoms. The van der Waals surface area contributed by atoms with Gasteiger partial charge in [-0.1, -0.05) is 29.3 Å². The second kappa shape index (κ2) is 12.2. The molecule has 2 aromatic rings. The molecule has 0 fully saturated rings. The van der Waals surface area contributed by atoms with Crippen LogP contribution in [0.3, 0.4) is 0 Å². The molecule has 0 unspecified atom stereocenters. The summed E-state index contributed by atoms with van der Waals surface area (Å²) in [5.41, 5.74) is 0.247. The summed E-state index contributed by atoms with van der Waals surface area (Å²) in [4.78, 5) is 13.2. The van der Waals surface area contributed by atoms with Gasteiger partial charge in [-0.2, -0.15) is 0 Å². The number of hydrogen-bond acceptors (Lipinski definition) is 6. The number of halogens is 2. The average Bonchev–Trinajstić information content (AvgIpc) is 2.81. The van der Waals surface area contributed by atoms with Crippen LogP contribution in [0.25, 0.3) is 0 Å². The summed E-state index contributed by atoms with van der Waals surface area (Å²) in [5.74, 6) is 1.42. The van der Waals surface area contributed by atoms with Crippen LogP contribution in [-0.2, 0) is 16.9 Å². The van der Waals surface area contributed by atoms with Crippen LogP contribution in [0.2, 0.25) is 10.0 Å². The number of amides is 1. The van der Waals surface area contributed by atoms with E-state index in [-0.39, 0.29) is 19.8 Å². The van der Waals surface area contributed by atoms with Gasteiger partial charge in [-0.3, -0.25) is 4.90 Å². The first-order valence-corrected chi connectivity index (χ1v) is 10.9. The van der Waals surface area contributed by atoms with Crippen molar-refractivity contribution < 1.29 is 34.0 Å². The Morgan fingerprint density at radius 1 is 1.03 bits per heavy atom. The van der Waals surface area contributed by atoms with Crippen molar-refractivity contribution in [2.75, 3.05) is 41.6 Å². The lowest BCUT2D eigenvalue weighted by Gasteiger charge is -2.41. The molecule has 0 aliphatic rings. The zero-order valence-electron chi connectivity index (χ0n) is 19.1. The Hall–Kier alpha value is -2.39. The summed E-state index contributed by atoms with van der Waals surface area (Å²) >= 11 is 12.3. The molecule has 10 heteroatoms. The van der Waals surface area contributed by atoms with Gasteiger partial charge in [0.15, 0.2) is 11.5 Å². The van der Waals surface area contributed by atoms with E-state index in [9.17, 15) is 15.0 Å². The molecule has 0 aliphatic heterocycles. The Morgan fingerprint density at radius 2 is 1.67 bits per heavy atom. The Kier molecular flexibility index (Phi) is 9.91. The number of benzene rings is 2. The van der Waals surface area contributed by atoms with E-state index in [4.69, 9.17) is 42.1 Å². The highest BCUT2D eigenvalue weighted by Gasteiger charge is 2.40. The first-order valence-electron chi connectivity index (χ1n) is 10.1. The molecular weight excluding hydrogens is 473 g/mol. The molecule has 0 bridgehead atoms. The minimum atomic E-state index is -1.14. The molecule has 0 heterocycles. The van der Waals surface area contributed by atoms with Crippen molar-refractivity contribution in [2.24, 2.45) is 0 Å². The van der Waals surface area contributed by atoms with E-state index in [2.05, 4.69) is 0 Å². The van der Waals surface area contributed by atoms with Crippen LogP contribution < -0.4 is 14.2 Å². The molecule has 0 aromatic heterocycles. The van der Waals surface area contributed by atoms with Crippen LogP contribution in [-0.4, -0.2) is 62.8 Å². The Bertz CT molecular complexity index is 931. The van der Waals surface area contributed by atoms with Crippen molar-refractivity contribution in [3.05, 3.63) is 51.5 Å². The van der Waals surface area contributed by atoms with Crippen LogP contribution in [0.15, 0.2) is 30.3 Å². The van der Waals surface area contributed by atoms with Gasteiger partial charge < -0.3 is 29.2 Å². The second-order valence-electron chi connectivity index (χ2n) is 7.36. The van der Waals surface area contributed by atoms with Crippen LogP contribution in [0.5, 0.6) is 17.2 Å². The van der Waals surface area contributed by atoms with Gasteiger partial charge in [-0.25, -0.2) is 4.79 Å². The Morgan fingerprint density at radius 3 is 2.15 bits per heavy atom. The lowest BCUT2D eigenvalue weighted by molar-refractivity contribution is -0.00825. The molecule has 0 saturated heterocycles. The maximum absolute atomic E-state index is 12.0. The first-order chi connectivity index (χ1) is 15.7. The number of methoxy groups -OCH3 is 3. The van der Waals surface area contributed by atoms with Crippen molar-refractivity contribution in [3.63, 3.8) is 0 Å². The number of carbonyl (C=O) groups is 1. The zero-order chi connectivity index (χ0) is 24.6. The first kappa shape index (κ1) is 26.9. The highest BCUT2D eigenvalue weighted by Crippen LogP contribution is 2.39. The molecule has 0 radical (unpaired) electrons. The summed E-state index contributed by atoms with van der Waals surface area (Å²) < 4.78 is 22.1. The van der Waals surface area contributed by atoms with Crippen molar-refractivity contribution in [1.82, 2.24) is 4.90 Å². The van der Waals surface area contributed by atoms with Crippen molar-refractivity contribution in [1.29, 1.82) is 0 Å². The number of hydrogen-bond donors (Lipinski definition) is 2. The highest BCUT2D eigenvalue weighted by molar-refractivity contribution is 6.42. The summed E-state index contributed by atoms with van der Waals surface area (Å²) in [6, 6.07) is 8.48. The Balaban J connectivity index is 2.41.